The highest BCUT2D eigenvalue weighted by molar-refractivity contribution is 5.94. The first-order valence-electron chi connectivity index (χ1n) is 9.71. The van der Waals surface area contributed by atoms with Gasteiger partial charge in [-0.1, -0.05) is 6.07 Å². The SMILES string of the molecule is Cc1nc(OCCNC(=O)c2ccc(C)c([N+](=O)[O-])c2)cc(N2CCCCC2)n1. The average Bonchev–Trinajstić information content (AvgIpc) is 2.71. The summed E-state index contributed by atoms with van der Waals surface area (Å²) in [6, 6.07) is 6.24. The number of anilines is 1. The van der Waals surface area contributed by atoms with Gasteiger partial charge in [0, 0.05) is 36.3 Å². The lowest BCUT2D eigenvalue weighted by Crippen LogP contribution is -2.30. The number of aromatic nitrogens is 2. The molecule has 0 unspecified atom stereocenters. The lowest BCUT2D eigenvalue weighted by atomic mass is 10.1. The van der Waals surface area contributed by atoms with Crippen LogP contribution in [-0.2, 0) is 0 Å². The Kier molecular flexibility index (Phi) is 6.58. The second-order valence-electron chi connectivity index (χ2n) is 7.02. The molecule has 154 valence electrons. The highest BCUT2D eigenvalue weighted by Crippen LogP contribution is 2.21. The van der Waals surface area contributed by atoms with Crippen molar-refractivity contribution in [1.82, 2.24) is 15.3 Å². The molecule has 0 aliphatic carbocycles. The van der Waals surface area contributed by atoms with Crippen LogP contribution < -0.4 is 15.0 Å². The van der Waals surface area contributed by atoms with Crippen molar-refractivity contribution in [2.24, 2.45) is 0 Å². The van der Waals surface area contributed by atoms with Crippen molar-refractivity contribution < 1.29 is 14.5 Å². The first-order chi connectivity index (χ1) is 13.9. The molecule has 1 N–H and O–H groups in total. The number of amides is 1. The van der Waals surface area contributed by atoms with E-state index in [-0.39, 0.29) is 30.3 Å². The van der Waals surface area contributed by atoms with E-state index in [1.807, 2.05) is 13.0 Å². The molecule has 2 heterocycles. The minimum atomic E-state index is -0.493. The molecular weight excluding hydrogens is 374 g/mol. The van der Waals surface area contributed by atoms with E-state index in [1.165, 1.54) is 12.5 Å². The molecule has 1 aromatic carbocycles. The number of hydrogen-bond donors (Lipinski definition) is 1. The van der Waals surface area contributed by atoms with Crippen molar-refractivity contribution in [2.45, 2.75) is 33.1 Å². The van der Waals surface area contributed by atoms with Crippen molar-refractivity contribution in [3.8, 4) is 5.88 Å². The smallest absolute Gasteiger partial charge is 0.273 e. The van der Waals surface area contributed by atoms with Crippen LogP contribution in [0.3, 0.4) is 0 Å². The summed E-state index contributed by atoms with van der Waals surface area (Å²) in [6.07, 6.45) is 3.55. The Balaban J connectivity index is 1.54. The molecule has 0 saturated carbocycles. The summed E-state index contributed by atoms with van der Waals surface area (Å²) in [6.45, 7) is 5.91. The monoisotopic (exact) mass is 399 g/mol. The van der Waals surface area contributed by atoms with E-state index in [0.29, 0.717) is 17.3 Å². The van der Waals surface area contributed by atoms with Gasteiger partial charge in [-0.05, 0) is 39.2 Å². The lowest BCUT2D eigenvalue weighted by molar-refractivity contribution is -0.385. The van der Waals surface area contributed by atoms with Crippen LogP contribution in [0.5, 0.6) is 5.88 Å². The molecule has 1 aliphatic rings. The predicted molar refractivity (Wildman–Crippen MR) is 108 cm³/mol. The van der Waals surface area contributed by atoms with Crippen LogP contribution >= 0.6 is 0 Å². The van der Waals surface area contributed by atoms with E-state index >= 15 is 0 Å². The van der Waals surface area contributed by atoms with Gasteiger partial charge in [0.05, 0.1) is 11.5 Å². The van der Waals surface area contributed by atoms with Gasteiger partial charge in [0.25, 0.3) is 11.6 Å². The fourth-order valence-electron chi connectivity index (χ4n) is 3.25. The number of aryl methyl sites for hydroxylation is 2. The van der Waals surface area contributed by atoms with E-state index in [1.54, 1.807) is 19.1 Å². The van der Waals surface area contributed by atoms with Crippen LogP contribution in [0.2, 0.25) is 0 Å². The summed E-state index contributed by atoms with van der Waals surface area (Å²) in [4.78, 5) is 33.8. The number of nitro groups is 1. The van der Waals surface area contributed by atoms with Crippen LogP contribution in [0.15, 0.2) is 24.3 Å². The van der Waals surface area contributed by atoms with E-state index in [0.717, 1.165) is 31.7 Å². The Morgan fingerprint density at radius 3 is 2.69 bits per heavy atom. The van der Waals surface area contributed by atoms with Gasteiger partial charge in [0.2, 0.25) is 5.88 Å². The molecule has 9 nitrogen and oxygen atoms in total. The van der Waals surface area contributed by atoms with Crippen molar-refractivity contribution in [3.05, 3.63) is 51.3 Å². The highest BCUT2D eigenvalue weighted by atomic mass is 16.6. The van der Waals surface area contributed by atoms with Gasteiger partial charge >= 0.3 is 0 Å². The zero-order chi connectivity index (χ0) is 20.8. The Labute approximate surface area is 169 Å². The van der Waals surface area contributed by atoms with Crippen molar-refractivity contribution in [3.63, 3.8) is 0 Å². The number of carbonyl (C=O) groups excluding carboxylic acids is 1. The zero-order valence-corrected chi connectivity index (χ0v) is 16.7. The number of nitro benzene ring substituents is 1. The molecule has 0 radical (unpaired) electrons. The summed E-state index contributed by atoms with van der Waals surface area (Å²) < 4.78 is 5.68. The summed E-state index contributed by atoms with van der Waals surface area (Å²) >= 11 is 0. The molecule has 1 aliphatic heterocycles. The fourth-order valence-corrected chi connectivity index (χ4v) is 3.25. The lowest BCUT2D eigenvalue weighted by Gasteiger charge is -2.28. The number of nitrogens with zero attached hydrogens (tertiary/aromatic N) is 4. The molecule has 1 amide bonds. The Morgan fingerprint density at radius 1 is 1.21 bits per heavy atom. The second-order valence-corrected chi connectivity index (χ2v) is 7.02. The van der Waals surface area contributed by atoms with Gasteiger partial charge in [-0.3, -0.25) is 14.9 Å². The number of hydrogen-bond acceptors (Lipinski definition) is 7. The fraction of sp³-hybridized carbons (Fsp3) is 0.450. The molecule has 1 aromatic heterocycles. The Hall–Kier alpha value is -3.23. The molecule has 29 heavy (non-hydrogen) atoms. The number of benzene rings is 1. The van der Waals surface area contributed by atoms with Gasteiger partial charge in [0.15, 0.2) is 0 Å². The molecule has 0 atom stereocenters. The summed E-state index contributed by atoms with van der Waals surface area (Å²) in [5.41, 5.74) is 0.682. The zero-order valence-electron chi connectivity index (χ0n) is 16.7. The van der Waals surface area contributed by atoms with Gasteiger partial charge in [0.1, 0.15) is 18.2 Å². The third-order valence-corrected chi connectivity index (χ3v) is 4.79. The largest absolute Gasteiger partial charge is 0.476 e. The maximum absolute atomic E-state index is 12.2. The summed E-state index contributed by atoms with van der Waals surface area (Å²) in [5.74, 6) is 1.59. The maximum atomic E-state index is 12.2. The van der Waals surface area contributed by atoms with E-state index < -0.39 is 4.92 Å². The minimum absolute atomic E-state index is 0.0735. The molecule has 2 aromatic rings. The summed E-state index contributed by atoms with van der Waals surface area (Å²) in [5, 5.41) is 13.7. The standard InChI is InChI=1S/C20H25N5O4/c1-14-6-7-16(12-17(14)25(27)28)20(26)21-8-11-29-19-13-18(22-15(2)23-19)24-9-4-3-5-10-24/h6-7,12-13H,3-5,8-11H2,1-2H3,(H,21,26). The van der Waals surface area contributed by atoms with Gasteiger partial charge < -0.3 is 15.0 Å². The minimum Gasteiger partial charge on any atom is -0.476 e. The van der Waals surface area contributed by atoms with E-state index in [9.17, 15) is 14.9 Å². The first kappa shape index (κ1) is 20.5. The van der Waals surface area contributed by atoms with Gasteiger partial charge in [-0.2, -0.15) is 4.98 Å². The van der Waals surface area contributed by atoms with E-state index in [4.69, 9.17) is 4.74 Å². The van der Waals surface area contributed by atoms with E-state index in [2.05, 4.69) is 20.2 Å². The molecule has 0 spiro atoms. The van der Waals surface area contributed by atoms with Crippen LogP contribution in [0, 0.1) is 24.0 Å². The van der Waals surface area contributed by atoms with Crippen LogP contribution in [0.25, 0.3) is 0 Å². The number of rotatable bonds is 7. The summed E-state index contributed by atoms with van der Waals surface area (Å²) in [7, 11) is 0. The number of piperidine rings is 1. The van der Waals surface area contributed by atoms with Crippen molar-refractivity contribution in [2.75, 3.05) is 31.1 Å². The maximum Gasteiger partial charge on any atom is 0.273 e. The van der Waals surface area contributed by atoms with Crippen LogP contribution in [0.1, 0.15) is 41.0 Å². The van der Waals surface area contributed by atoms with Crippen molar-refractivity contribution in [1.29, 1.82) is 0 Å². The van der Waals surface area contributed by atoms with Crippen LogP contribution in [0.4, 0.5) is 11.5 Å². The van der Waals surface area contributed by atoms with Gasteiger partial charge in [-0.25, -0.2) is 4.98 Å². The third-order valence-electron chi connectivity index (χ3n) is 4.79. The molecule has 1 saturated heterocycles. The molecule has 1 fully saturated rings. The normalized spacial score (nSPS) is 13.8. The first-order valence-corrected chi connectivity index (χ1v) is 9.71. The predicted octanol–water partition coefficient (Wildman–Crippen LogP) is 2.80. The number of ether oxygens (including phenoxy) is 1. The highest BCUT2D eigenvalue weighted by Gasteiger charge is 2.16. The second kappa shape index (κ2) is 9.31. The molecule has 0 bridgehead atoms. The molecule has 9 heteroatoms. The molecule has 3 rings (SSSR count). The average molecular weight is 399 g/mol. The number of nitrogens with one attached hydrogen (secondary N) is 1. The Bertz CT molecular complexity index is 896. The molecular formula is C20H25N5O4. The number of carbonyl (C=O) groups is 1. The topological polar surface area (TPSA) is 110 Å². The quantitative estimate of drug-likeness (QED) is 0.433. The Morgan fingerprint density at radius 2 is 1.97 bits per heavy atom. The van der Waals surface area contributed by atoms with Gasteiger partial charge in [-0.15, -0.1) is 0 Å². The third kappa shape index (κ3) is 5.40. The van der Waals surface area contributed by atoms with Crippen LogP contribution in [-0.4, -0.2) is 47.0 Å². The van der Waals surface area contributed by atoms with Crippen molar-refractivity contribution >= 4 is 17.4 Å².